The van der Waals surface area contributed by atoms with Gasteiger partial charge in [-0.15, -0.1) is 11.3 Å². The number of aromatic nitrogens is 1. The van der Waals surface area contributed by atoms with Gasteiger partial charge in [-0.05, 0) is 47.7 Å². The fraction of sp³-hybridized carbons (Fsp3) is 0.304. The van der Waals surface area contributed by atoms with Crippen molar-refractivity contribution >= 4 is 28.9 Å². The Kier molecular flexibility index (Phi) is 6.78. The van der Waals surface area contributed by atoms with E-state index in [9.17, 15) is 14.3 Å². The number of hydrogen-bond donors (Lipinski definition) is 1. The second kappa shape index (κ2) is 9.14. The highest BCUT2D eigenvalue weighted by Gasteiger charge is 2.23. The number of aliphatic carboxylic acids is 1. The van der Waals surface area contributed by atoms with Gasteiger partial charge in [-0.1, -0.05) is 31.5 Å². The number of carbonyl (C=O) groups is 1. The minimum absolute atomic E-state index is 0.00800. The van der Waals surface area contributed by atoms with Crippen LogP contribution in [-0.2, 0) is 4.79 Å². The molecule has 0 radical (unpaired) electrons. The lowest BCUT2D eigenvalue weighted by Gasteiger charge is -2.18. The van der Waals surface area contributed by atoms with Gasteiger partial charge in [-0.25, -0.2) is 9.37 Å². The molecular formula is C23H23ClFNO3S. The molecule has 0 fully saturated rings. The summed E-state index contributed by atoms with van der Waals surface area (Å²) in [6.45, 7) is 5.77. The summed E-state index contributed by atoms with van der Waals surface area (Å²) >= 11 is 7.89. The standard InChI is InChI=1S/C23H23ClFNO3S/c1-12(2)17-8-18(21(29-4)10-20(17)25)14-5-15(7-16(24)6-14)19(9-22(27)28)23-26-11-13(3)30-23/h5-8,10-12,19H,9H2,1-4H3,(H,27,28). The average molecular weight is 448 g/mol. The Morgan fingerprint density at radius 1 is 1.27 bits per heavy atom. The van der Waals surface area contributed by atoms with Crippen LogP contribution < -0.4 is 4.74 Å². The number of methoxy groups -OCH3 is 1. The second-order valence-electron chi connectivity index (χ2n) is 7.46. The maximum Gasteiger partial charge on any atom is 0.304 e. The van der Waals surface area contributed by atoms with E-state index in [0.717, 1.165) is 21.0 Å². The van der Waals surface area contributed by atoms with Crippen molar-refractivity contribution in [3.05, 3.63) is 68.4 Å². The van der Waals surface area contributed by atoms with Gasteiger partial charge in [0.15, 0.2) is 0 Å². The summed E-state index contributed by atoms with van der Waals surface area (Å²) < 4.78 is 19.9. The van der Waals surface area contributed by atoms with E-state index in [1.54, 1.807) is 24.4 Å². The quantitative estimate of drug-likeness (QED) is 0.440. The van der Waals surface area contributed by atoms with Crippen molar-refractivity contribution in [2.75, 3.05) is 7.11 Å². The van der Waals surface area contributed by atoms with E-state index in [0.29, 0.717) is 21.9 Å². The Morgan fingerprint density at radius 2 is 2.00 bits per heavy atom. The molecular weight excluding hydrogens is 425 g/mol. The lowest BCUT2D eigenvalue weighted by atomic mass is 9.91. The highest BCUT2D eigenvalue weighted by Crippen LogP contribution is 2.39. The number of thiazole rings is 1. The molecule has 7 heteroatoms. The monoisotopic (exact) mass is 447 g/mol. The zero-order chi connectivity index (χ0) is 22.0. The summed E-state index contributed by atoms with van der Waals surface area (Å²) in [7, 11) is 1.49. The highest BCUT2D eigenvalue weighted by atomic mass is 35.5. The van der Waals surface area contributed by atoms with Gasteiger partial charge in [-0.2, -0.15) is 0 Å². The Balaban J connectivity index is 2.17. The van der Waals surface area contributed by atoms with Gasteiger partial charge in [0.25, 0.3) is 0 Å². The first-order chi connectivity index (χ1) is 14.2. The molecule has 0 aliphatic carbocycles. The molecule has 0 aliphatic rings. The van der Waals surface area contributed by atoms with Gasteiger partial charge in [0.2, 0.25) is 0 Å². The van der Waals surface area contributed by atoms with Gasteiger partial charge in [0, 0.05) is 33.6 Å². The molecule has 0 saturated heterocycles. The molecule has 1 aromatic heterocycles. The van der Waals surface area contributed by atoms with E-state index in [4.69, 9.17) is 16.3 Å². The predicted molar refractivity (Wildman–Crippen MR) is 118 cm³/mol. The molecule has 2 aromatic carbocycles. The predicted octanol–water partition coefficient (Wildman–Crippen LogP) is 6.65. The Labute approximate surface area is 184 Å². The minimum atomic E-state index is -0.921. The third-order valence-electron chi connectivity index (χ3n) is 4.89. The van der Waals surface area contributed by atoms with Crippen LogP contribution in [0.1, 0.15) is 53.1 Å². The fourth-order valence-electron chi connectivity index (χ4n) is 3.43. The second-order valence-corrected chi connectivity index (χ2v) is 9.16. The number of rotatable bonds is 7. The number of ether oxygens (including phenoxy) is 1. The third kappa shape index (κ3) is 4.82. The molecule has 1 atom stereocenters. The molecule has 0 bridgehead atoms. The van der Waals surface area contributed by atoms with E-state index in [1.807, 2.05) is 26.8 Å². The topological polar surface area (TPSA) is 59.4 Å². The van der Waals surface area contributed by atoms with Crippen LogP contribution in [0.4, 0.5) is 4.39 Å². The normalized spacial score (nSPS) is 12.2. The largest absolute Gasteiger partial charge is 0.496 e. The number of halogens is 2. The molecule has 0 aliphatic heterocycles. The maximum atomic E-state index is 14.5. The molecule has 0 spiro atoms. The fourth-order valence-corrected chi connectivity index (χ4v) is 4.58. The van der Waals surface area contributed by atoms with Crippen LogP contribution in [0.3, 0.4) is 0 Å². The summed E-state index contributed by atoms with van der Waals surface area (Å²) in [5.41, 5.74) is 2.76. The molecule has 30 heavy (non-hydrogen) atoms. The van der Waals surface area contributed by atoms with Crippen molar-refractivity contribution in [1.29, 1.82) is 0 Å². The average Bonchev–Trinajstić information content (AvgIpc) is 3.10. The zero-order valence-electron chi connectivity index (χ0n) is 17.2. The van der Waals surface area contributed by atoms with Crippen molar-refractivity contribution in [2.45, 2.75) is 39.0 Å². The van der Waals surface area contributed by atoms with Crippen LogP contribution in [0.25, 0.3) is 11.1 Å². The molecule has 0 amide bonds. The Hall–Kier alpha value is -2.44. The molecule has 3 rings (SSSR count). The summed E-state index contributed by atoms with van der Waals surface area (Å²) in [5, 5.41) is 10.6. The van der Waals surface area contributed by atoms with Crippen molar-refractivity contribution in [1.82, 2.24) is 4.98 Å². The van der Waals surface area contributed by atoms with Crippen molar-refractivity contribution < 1.29 is 19.0 Å². The van der Waals surface area contributed by atoms with Crippen molar-refractivity contribution in [2.24, 2.45) is 0 Å². The van der Waals surface area contributed by atoms with Crippen LogP contribution in [0, 0.1) is 12.7 Å². The third-order valence-corrected chi connectivity index (χ3v) is 6.13. The molecule has 1 heterocycles. The highest BCUT2D eigenvalue weighted by molar-refractivity contribution is 7.11. The van der Waals surface area contributed by atoms with Gasteiger partial charge >= 0.3 is 5.97 Å². The molecule has 1 N–H and O–H groups in total. The van der Waals surface area contributed by atoms with Crippen LogP contribution in [-0.4, -0.2) is 23.2 Å². The summed E-state index contributed by atoms with van der Waals surface area (Å²) in [6.07, 6.45) is 1.63. The van der Waals surface area contributed by atoms with E-state index in [-0.39, 0.29) is 18.2 Å². The number of carboxylic acid groups (broad SMARTS) is 1. The number of aryl methyl sites for hydroxylation is 1. The van der Waals surface area contributed by atoms with Crippen molar-refractivity contribution in [3.63, 3.8) is 0 Å². The summed E-state index contributed by atoms with van der Waals surface area (Å²) in [4.78, 5) is 16.9. The first-order valence-corrected chi connectivity index (χ1v) is 10.7. The van der Waals surface area contributed by atoms with Gasteiger partial charge in [0.1, 0.15) is 16.6 Å². The van der Waals surface area contributed by atoms with Crippen LogP contribution in [0.15, 0.2) is 36.5 Å². The van der Waals surface area contributed by atoms with E-state index >= 15 is 0 Å². The van der Waals surface area contributed by atoms with Crippen LogP contribution in [0.5, 0.6) is 5.75 Å². The van der Waals surface area contributed by atoms with Gasteiger partial charge in [0.05, 0.1) is 13.5 Å². The Morgan fingerprint density at radius 3 is 2.57 bits per heavy atom. The number of benzene rings is 2. The lowest BCUT2D eigenvalue weighted by molar-refractivity contribution is -0.137. The lowest BCUT2D eigenvalue weighted by Crippen LogP contribution is -2.08. The Bertz CT molecular complexity index is 1080. The van der Waals surface area contributed by atoms with E-state index < -0.39 is 11.9 Å². The summed E-state index contributed by atoms with van der Waals surface area (Å²) in [6, 6.07) is 8.57. The first-order valence-electron chi connectivity index (χ1n) is 9.52. The smallest absolute Gasteiger partial charge is 0.304 e. The SMILES string of the molecule is COc1cc(F)c(C(C)C)cc1-c1cc(Cl)cc(C(CC(=O)O)c2ncc(C)s2)c1. The van der Waals surface area contributed by atoms with E-state index in [2.05, 4.69) is 4.98 Å². The number of nitrogens with zero attached hydrogens (tertiary/aromatic N) is 1. The molecule has 158 valence electrons. The number of hydrogen-bond acceptors (Lipinski definition) is 4. The minimum Gasteiger partial charge on any atom is -0.496 e. The van der Waals surface area contributed by atoms with Crippen LogP contribution >= 0.6 is 22.9 Å². The maximum absolute atomic E-state index is 14.5. The van der Waals surface area contributed by atoms with Gasteiger partial charge in [-0.3, -0.25) is 4.79 Å². The van der Waals surface area contributed by atoms with E-state index in [1.165, 1.54) is 24.5 Å². The molecule has 3 aromatic rings. The zero-order valence-corrected chi connectivity index (χ0v) is 18.8. The van der Waals surface area contributed by atoms with Crippen molar-refractivity contribution in [3.8, 4) is 16.9 Å². The van der Waals surface area contributed by atoms with Gasteiger partial charge < -0.3 is 9.84 Å². The molecule has 0 saturated carbocycles. The number of carboxylic acids is 1. The molecule has 4 nitrogen and oxygen atoms in total. The molecule has 1 unspecified atom stereocenters. The first kappa shape index (κ1) is 22.2. The summed E-state index contributed by atoms with van der Waals surface area (Å²) in [5.74, 6) is -1.29. The van der Waals surface area contributed by atoms with Crippen LogP contribution in [0.2, 0.25) is 5.02 Å².